The highest BCUT2D eigenvalue weighted by atomic mass is 127. The van der Waals surface area contributed by atoms with E-state index in [-0.39, 0.29) is 17.7 Å². The lowest BCUT2D eigenvalue weighted by Gasteiger charge is -2.09. The average molecular weight is 346 g/mol. The van der Waals surface area contributed by atoms with Crippen molar-refractivity contribution in [3.8, 4) is 0 Å². The number of benzene rings is 1. The van der Waals surface area contributed by atoms with Gasteiger partial charge in [0.25, 0.3) is 0 Å². The third-order valence-electron chi connectivity index (χ3n) is 2.05. The van der Waals surface area contributed by atoms with E-state index >= 15 is 0 Å². The van der Waals surface area contributed by atoms with Crippen LogP contribution >= 0.6 is 22.6 Å². The van der Waals surface area contributed by atoms with Crippen LogP contribution in [-0.4, -0.2) is 17.0 Å². The Bertz CT molecular complexity index is 479. The summed E-state index contributed by atoms with van der Waals surface area (Å²) >= 11 is 2.01. The zero-order chi connectivity index (χ0) is 13.0. The maximum Gasteiger partial charge on any atom is 0.336 e. The first-order valence-electron chi connectivity index (χ1n) is 4.76. The van der Waals surface area contributed by atoms with Gasteiger partial charge in [-0.05, 0) is 41.6 Å². The number of halogens is 1. The van der Waals surface area contributed by atoms with Gasteiger partial charge in [-0.25, -0.2) is 9.59 Å². The summed E-state index contributed by atoms with van der Waals surface area (Å²) in [5.41, 5.74) is 0.925. The van der Waals surface area contributed by atoms with Gasteiger partial charge in [-0.2, -0.15) is 0 Å². The van der Waals surface area contributed by atoms with Gasteiger partial charge in [-0.1, -0.05) is 12.6 Å². The lowest BCUT2D eigenvalue weighted by atomic mass is 10.1. The lowest BCUT2D eigenvalue weighted by Crippen LogP contribution is -2.10. The van der Waals surface area contributed by atoms with Crippen LogP contribution < -0.4 is 0 Å². The highest BCUT2D eigenvalue weighted by Gasteiger charge is 2.14. The molecular weight excluding hydrogens is 335 g/mol. The number of carbonyl (C=O) groups excluding carboxylic acids is 1. The average Bonchev–Trinajstić information content (AvgIpc) is 2.26. The summed E-state index contributed by atoms with van der Waals surface area (Å²) in [6, 6.07) is 4.89. The summed E-state index contributed by atoms with van der Waals surface area (Å²) in [7, 11) is 0. The second-order valence-electron chi connectivity index (χ2n) is 3.43. The minimum absolute atomic E-state index is 0.0631. The Labute approximate surface area is 112 Å². The topological polar surface area (TPSA) is 63.6 Å². The molecule has 0 saturated carbocycles. The number of carboxylic acids is 1. The second kappa shape index (κ2) is 5.81. The van der Waals surface area contributed by atoms with E-state index in [1.807, 2.05) is 22.6 Å². The molecule has 0 radical (unpaired) electrons. The molecule has 0 amide bonds. The minimum Gasteiger partial charge on any atom is -0.478 e. The van der Waals surface area contributed by atoms with Gasteiger partial charge in [0.05, 0.1) is 5.56 Å². The highest BCUT2D eigenvalue weighted by Crippen LogP contribution is 2.18. The lowest BCUT2D eigenvalue weighted by molar-refractivity contribution is -0.140. The summed E-state index contributed by atoms with van der Waals surface area (Å²) in [5.74, 6) is -1.56. The van der Waals surface area contributed by atoms with Crippen LogP contribution in [0.5, 0.6) is 0 Å². The van der Waals surface area contributed by atoms with E-state index in [0.29, 0.717) is 5.56 Å². The van der Waals surface area contributed by atoms with Gasteiger partial charge in [0, 0.05) is 14.7 Å². The number of aromatic carboxylic acids is 1. The number of esters is 1. The van der Waals surface area contributed by atoms with Crippen molar-refractivity contribution in [3.63, 3.8) is 0 Å². The first kappa shape index (κ1) is 13.7. The van der Waals surface area contributed by atoms with Crippen LogP contribution in [0.2, 0.25) is 0 Å². The van der Waals surface area contributed by atoms with Crippen LogP contribution in [0.4, 0.5) is 0 Å². The summed E-state index contributed by atoms with van der Waals surface area (Å²) in [4.78, 5) is 22.2. The Morgan fingerprint density at radius 3 is 2.65 bits per heavy atom. The van der Waals surface area contributed by atoms with E-state index in [1.165, 1.54) is 13.0 Å². The molecule has 4 nitrogen and oxygen atoms in total. The maximum absolute atomic E-state index is 11.2. The minimum atomic E-state index is -1.04. The molecule has 0 aliphatic carbocycles. The van der Waals surface area contributed by atoms with Gasteiger partial charge in [0.1, 0.15) is 6.61 Å². The number of hydrogen-bond acceptors (Lipinski definition) is 3. The van der Waals surface area contributed by atoms with Crippen LogP contribution in [-0.2, 0) is 16.1 Å². The first-order chi connectivity index (χ1) is 7.93. The molecule has 0 saturated heterocycles. The normalized spacial score (nSPS) is 9.76. The molecule has 1 aromatic carbocycles. The molecule has 0 atom stereocenters. The molecule has 17 heavy (non-hydrogen) atoms. The van der Waals surface area contributed by atoms with Crippen LogP contribution in [0, 0.1) is 3.57 Å². The van der Waals surface area contributed by atoms with Gasteiger partial charge < -0.3 is 9.84 Å². The van der Waals surface area contributed by atoms with E-state index in [9.17, 15) is 9.59 Å². The standard InChI is InChI=1S/C12H11IO4/c1-7(2)12(16)17-6-9-8(11(14)15)4-3-5-10(9)13/h3-5H,1,6H2,2H3,(H,14,15). The van der Waals surface area contributed by atoms with Crippen molar-refractivity contribution in [2.24, 2.45) is 0 Å². The predicted octanol–water partition coefficient (Wildman–Crippen LogP) is 2.61. The van der Waals surface area contributed by atoms with E-state index < -0.39 is 11.9 Å². The van der Waals surface area contributed by atoms with Crippen LogP contribution in [0.1, 0.15) is 22.8 Å². The molecule has 0 spiro atoms. The van der Waals surface area contributed by atoms with Crippen molar-refractivity contribution in [1.82, 2.24) is 0 Å². The Morgan fingerprint density at radius 1 is 1.47 bits per heavy atom. The Balaban J connectivity index is 2.94. The third kappa shape index (κ3) is 3.55. The molecule has 0 aromatic heterocycles. The van der Waals surface area contributed by atoms with Gasteiger partial charge >= 0.3 is 11.9 Å². The predicted molar refractivity (Wildman–Crippen MR) is 70.7 cm³/mol. The molecule has 0 aliphatic rings. The fourth-order valence-corrected chi connectivity index (χ4v) is 1.82. The monoisotopic (exact) mass is 346 g/mol. The second-order valence-corrected chi connectivity index (χ2v) is 4.59. The van der Waals surface area contributed by atoms with Gasteiger partial charge in [-0.3, -0.25) is 0 Å². The molecule has 1 rings (SSSR count). The molecule has 0 unspecified atom stereocenters. The SMILES string of the molecule is C=C(C)C(=O)OCc1c(I)cccc1C(=O)O. The molecule has 0 bridgehead atoms. The maximum atomic E-state index is 11.2. The van der Waals surface area contributed by atoms with Crippen LogP contribution in [0.15, 0.2) is 30.4 Å². The Hall–Kier alpha value is -1.37. The smallest absolute Gasteiger partial charge is 0.336 e. The van der Waals surface area contributed by atoms with Crippen molar-refractivity contribution in [1.29, 1.82) is 0 Å². The van der Waals surface area contributed by atoms with Crippen molar-refractivity contribution in [3.05, 3.63) is 45.0 Å². The number of rotatable bonds is 4. The number of ether oxygens (including phenoxy) is 1. The molecule has 0 heterocycles. The van der Waals surface area contributed by atoms with E-state index in [2.05, 4.69) is 6.58 Å². The largest absolute Gasteiger partial charge is 0.478 e. The highest BCUT2D eigenvalue weighted by molar-refractivity contribution is 14.1. The molecule has 5 heteroatoms. The molecule has 0 fully saturated rings. The fraction of sp³-hybridized carbons (Fsp3) is 0.167. The Morgan fingerprint density at radius 2 is 2.12 bits per heavy atom. The van der Waals surface area contributed by atoms with E-state index in [1.54, 1.807) is 12.1 Å². The van der Waals surface area contributed by atoms with Crippen molar-refractivity contribution in [2.45, 2.75) is 13.5 Å². The zero-order valence-corrected chi connectivity index (χ0v) is 11.4. The summed E-state index contributed by atoms with van der Waals surface area (Å²) in [6.45, 7) is 4.93. The van der Waals surface area contributed by atoms with Gasteiger partial charge in [-0.15, -0.1) is 0 Å². The Kier molecular flexibility index (Phi) is 4.68. The van der Waals surface area contributed by atoms with E-state index in [4.69, 9.17) is 9.84 Å². The molecule has 1 aromatic rings. The summed E-state index contributed by atoms with van der Waals surface area (Å²) in [6.07, 6.45) is 0. The van der Waals surface area contributed by atoms with Crippen LogP contribution in [0.3, 0.4) is 0 Å². The molecular formula is C12H11IO4. The third-order valence-corrected chi connectivity index (χ3v) is 3.06. The van der Waals surface area contributed by atoms with E-state index in [0.717, 1.165) is 3.57 Å². The summed E-state index contributed by atoms with van der Waals surface area (Å²) < 4.78 is 5.70. The van der Waals surface area contributed by atoms with Gasteiger partial charge in [0.15, 0.2) is 0 Å². The van der Waals surface area contributed by atoms with Gasteiger partial charge in [0.2, 0.25) is 0 Å². The number of hydrogen-bond donors (Lipinski definition) is 1. The number of carbonyl (C=O) groups is 2. The fourth-order valence-electron chi connectivity index (χ4n) is 1.17. The number of carboxylic acid groups (broad SMARTS) is 1. The molecule has 90 valence electrons. The molecule has 1 N–H and O–H groups in total. The van der Waals surface area contributed by atoms with Crippen molar-refractivity contribution in [2.75, 3.05) is 0 Å². The first-order valence-corrected chi connectivity index (χ1v) is 5.84. The van der Waals surface area contributed by atoms with Crippen LogP contribution in [0.25, 0.3) is 0 Å². The summed E-state index contributed by atoms with van der Waals surface area (Å²) in [5, 5.41) is 9.00. The van der Waals surface area contributed by atoms with Crippen molar-refractivity contribution >= 4 is 34.5 Å². The quantitative estimate of drug-likeness (QED) is 0.517. The molecule has 0 aliphatic heterocycles. The van der Waals surface area contributed by atoms with Crippen molar-refractivity contribution < 1.29 is 19.4 Å². The zero-order valence-electron chi connectivity index (χ0n) is 9.20.